The molecule has 0 aliphatic carbocycles. The first-order chi connectivity index (χ1) is 4.22. The zero-order chi connectivity index (χ0) is 7.28. The van der Waals surface area contributed by atoms with Crippen LogP contribution in [0.25, 0.3) is 0 Å². The second-order valence-electron chi connectivity index (χ2n) is 1.51. The molecule has 9 heavy (non-hydrogen) atoms. The maximum atomic E-state index is 10.0. The fourth-order valence-electron chi connectivity index (χ4n) is 0.414. The van der Waals surface area contributed by atoms with Gasteiger partial charge >= 0.3 is 5.97 Å². The fraction of sp³-hybridized carbons (Fsp3) is 0.600. The van der Waals surface area contributed by atoms with E-state index < -0.39 is 12.0 Å². The Bertz CT molecular complexity index is 113. The molecule has 1 unspecified atom stereocenters. The van der Waals surface area contributed by atoms with Gasteiger partial charge in [0.1, 0.15) is 6.29 Å². The van der Waals surface area contributed by atoms with E-state index >= 15 is 0 Å². The predicted molar refractivity (Wildman–Crippen MR) is 31.2 cm³/mol. The summed E-state index contributed by atoms with van der Waals surface area (Å²) >= 11 is 0. The van der Waals surface area contributed by atoms with Crippen molar-refractivity contribution in [2.45, 2.75) is 13.0 Å². The van der Waals surface area contributed by atoms with Crippen LogP contribution in [-0.2, 0) is 9.59 Å². The number of likely N-dealkylation sites (N-methyl/N-ethyl adjacent to an activating group) is 1. The molecule has 1 atom stereocenters. The van der Waals surface area contributed by atoms with Gasteiger partial charge in [0.15, 0.2) is 6.04 Å². The zero-order valence-corrected chi connectivity index (χ0v) is 5.13. The van der Waals surface area contributed by atoms with Gasteiger partial charge < -0.3 is 9.90 Å². The Labute approximate surface area is 52.9 Å². The molecule has 0 aromatic rings. The van der Waals surface area contributed by atoms with Crippen LogP contribution in [-0.4, -0.2) is 29.9 Å². The van der Waals surface area contributed by atoms with Crippen LogP contribution < -0.4 is 5.32 Å². The largest absolute Gasteiger partial charge is 0.480 e. The van der Waals surface area contributed by atoms with E-state index in [9.17, 15) is 9.59 Å². The third kappa shape index (κ3) is 2.81. The average Bonchev–Trinajstić information content (AvgIpc) is 1.82. The molecule has 0 rings (SSSR count). The predicted octanol–water partition coefficient (Wildman–Crippen LogP) is -0.752. The Balaban J connectivity index is 3.68. The van der Waals surface area contributed by atoms with Gasteiger partial charge in [-0.15, -0.1) is 0 Å². The zero-order valence-electron chi connectivity index (χ0n) is 5.13. The van der Waals surface area contributed by atoms with Crippen molar-refractivity contribution in [3.8, 4) is 0 Å². The second kappa shape index (κ2) is 4.03. The van der Waals surface area contributed by atoms with Crippen molar-refractivity contribution in [2.24, 2.45) is 0 Å². The highest BCUT2D eigenvalue weighted by Gasteiger charge is 2.12. The van der Waals surface area contributed by atoms with E-state index in [1.54, 1.807) is 6.92 Å². The van der Waals surface area contributed by atoms with Gasteiger partial charge in [-0.3, -0.25) is 10.1 Å². The number of rotatable bonds is 4. The van der Waals surface area contributed by atoms with E-state index in [4.69, 9.17) is 5.11 Å². The third-order valence-corrected chi connectivity index (χ3v) is 0.826. The smallest absolute Gasteiger partial charge is 0.328 e. The number of hydrogen-bond acceptors (Lipinski definition) is 3. The molecule has 0 amide bonds. The Kier molecular flexibility index (Phi) is 3.62. The first kappa shape index (κ1) is 8.10. The minimum atomic E-state index is -1.13. The molecule has 0 bridgehead atoms. The van der Waals surface area contributed by atoms with Crippen LogP contribution >= 0.6 is 0 Å². The molecule has 0 saturated heterocycles. The normalized spacial score (nSPS) is 12.6. The van der Waals surface area contributed by atoms with Crippen molar-refractivity contribution in [2.75, 3.05) is 6.54 Å². The van der Waals surface area contributed by atoms with Gasteiger partial charge in [0, 0.05) is 0 Å². The van der Waals surface area contributed by atoms with Crippen LogP contribution in [0.2, 0.25) is 0 Å². The minimum Gasteiger partial charge on any atom is -0.480 e. The number of hydrogen-bond donors (Lipinski definition) is 2. The fourth-order valence-corrected chi connectivity index (χ4v) is 0.414. The van der Waals surface area contributed by atoms with Gasteiger partial charge in [-0.25, -0.2) is 0 Å². The lowest BCUT2D eigenvalue weighted by atomic mass is 10.3. The van der Waals surface area contributed by atoms with Gasteiger partial charge in [-0.1, -0.05) is 6.92 Å². The number of aliphatic carboxylic acids is 1. The van der Waals surface area contributed by atoms with Crippen molar-refractivity contribution in [3.05, 3.63) is 0 Å². The van der Waals surface area contributed by atoms with Crippen LogP contribution in [0.5, 0.6) is 0 Å². The van der Waals surface area contributed by atoms with Crippen LogP contribution in [0.3, 0.4) is 0 Å². The lowest BCUT2D eigenvalue weighted by Gasteiger charge is -2.02. The van der Waals surface area contributed by atoms with Crippen molar-refractivity contribution < 1.29 is 14.7 Å². The number of aldehydes is 1. The molecule has 0 aromatic heterocycles. The highest BCUT2D eigenvalue weighted by molar-refractivity contribution is 5.90. The highest BCUT2D eigenvalue weighted by Crippen LogP contribution is 1.75. The van der Waals surface area contributed by atoms with Crippen LogP contribution in [0, 0.1) is 0 Å². The summed E-state index contributed by atoms with van der Waals surface area (Å²) in [5, 5.41) is 10.7. The summed E-state index contributed by atoms with van der Waals surface area (Å²) in [5.74, 6) is -1.13. The SMILES string of the molecule is CCNC(C=O)C(=O)O. The van der Waals surface area contributed by atoms with Gasteiger partial charge in [0.2, 0.25) is 0 Å². The van der Waals surface area contributed by atoms with Gasteiger partial charge in [0.05, 0.1) is 0 Å². The molecule has 0 heterocycles. The molecule has 4 nitrogen and oxygen atoms in total. The topological polar surface area (TPSA) is 66.4 Å². The molecule has 0 radical (unpaired) electrons. The molecule has 0 aromatic carbocycles. The third-order valence-electron chi connectivity index (χ3n) is 0.826. The number of carboxylic acid groups (broad SMARTS) is 1. The van der Waals surface area contributed by atoms with Crippen molar-refractivity contribution in [3.63, 3.8) is 0 Å². The number of carbonyl (C=O) groups excluding carboxylic acids is 1. The van der Waals surface area contributed by atoms with E-state index in [1.165, 1.54) is 0 Å². The summed E-state index contributed by atoms with van der Waals surface area (Å²) in [6.45, 7) is 2.22. The lowest BCUT2D eigenvalue weighted by molar-refractivity contribution is -0.140. The maximum absolute atomic E-state index is 10.0. The molecule has 4 heteroatoms. The van der Waals surface area contributed by atoms with E-state index in [1.807, 2.05) is 0 Å². The minimum absolute atomic E-state index is 0.367. The second-order valence-corrected chi connectivity index (χ2v) is 1.51. The van der Waals surface area contributed by atoms with Gasteiger partial charge in [0.25, 0.3) is 0 Å². The van der Waals surface area contributed by atoms with Crippen LogP contribution in [0.1, 0.15) is 6.92 Å². The summed E-state index contributed by atoms with van der Waals surface area (Å²) in [5.41, 5.74) is 0. The molecular formula is C5H9NO3. The van der Waals surface area contributed by atoms with Crippen molar-refractivity contribution >= 4 is 12.3 Å². The summed E-state index contributed by atoms with van der Waals surface area (Å²) in [6.07, 6.45) is 0.367. The monoisotopic (exact) mass is 131 g/mol. The first-order valence-electron chi connectivity index (χ1n) is 2.63. The molecule has 0 fully saturated rings. The molecule has 2 N–H and O–H groups in total. The maximum Gasteiger partial charge on any atom is 0.328 e. The van der Waals surface area contributed by atoms with E-state index in [0.717, 1.165) is 0 Å². The van der Waals surface area contributed by atoms with Gasteiger partial charge in [-0.05, 0) is 6.54 Å². The molecule has 52 valence electrons. The molecule has 0 aliphatic rings. The first-order valence-corrected chi connectivity index (χ1v) is 2.63. The molecule has 0 aliphatic heterocycles. The Hall–Kier alpha value is -0.900. The summed E-state index contributed by atoms with van der Waals surface area (Å²) in [6, 6.07) is -1.05. The van der Waals surface area contributed by atoms with Gasteiger partial charge in [-0.2, -0.15) is 0 Å². The molecule has 0 saturated carbocycles. The quantitative estimate of drug-likeness (QED) is 0.389. The van der Waals surface area contributed by atoms with E-state index in [2.05, 4.69) is 5.32 Å². The van der Waals surface area contributed by atoms with E-state index in [0.29, 0.717) is 12.8 Å². The molecule has 0 spiro atoms. The highest BCUT2D eigenvalue weighted by atomic mass is 16.4. The van der Waals surface area contributed by atoms with Crippen LogP contribution in [0.15, 0.2) is 0 Å². The Morgan fingerprint density at radius 2 is 2.44 bits per heavy atom. The summed E-state index contributed by atoms with van der Waals surface area (Å²) < 4.78 is 0. The molecular weight excluding hydrogens is 122 g/mol. The van der Waals surface area contributed by atoms with Crippen LogP contribution in [0.4, 0.5) is 0 Å². The van der Waals surface area contributed by atoms with Crippen molar-refractivity contribution in [1.29, 1.82) is 0 Å². The Morgan fingerprint density at radius 1 is 1.89 bits per heavy atom. The average molecular weight is 131 g/mol. The number of carbonyl (C=O) groups is 2. The standard InChI is InChI=1S/C5H9NO3/c1-2-6-4(3-7)5(8)9/h3-4,6H,2H2,1H3,(H,8,9). The van der Waals surface area contributed by atoms with E-state index in [-0.39, 0.29) is 0 Å². The van der Waals surface area contributed by atoms with Crippen molar-refractivity contribution in [1.82, 2.24) is 5.32 Å². The summed E-state index contributed by atoms with van der Waals surface area (Å²) in [4.78, 5) is 19.9. The lowest BCUT2D eigenvalue weighted by Crippen LogP contribution is -2.37. The summed E-state index contributed by atoms with van der Waals surface area (Å²) in [7, 11) is 0. The number of carboxylic acids is 1. The number of nitrogens with one attached hydrogen (secondary N) is 1. The Morgan fingerprint density at radius 3 is 2.56 bits per heavy atom.